The van der Waals surface area contributed by atoms with Gasteiger partial charge in [-0.2, -0.15) is 0 Å². The fourth-order valence-corrected chi connectivity index (χ4v) is 3.60. The maximum absolute atomic E-state index is 12.9. The van der Waals surface area contributed by atoms with Crippen molar-refractivity contribution >= 4 is 28.5 Å². The second kappa shape index (κ2) is 7.91. The van der Waals surface area contributed by atoms with Gasteiger partial charge in [0.25, 0.3) is 5.91 Å². The van der Waals surface area contributed by atoms with E-state index in [1.807, 2.05) is 24.3 Å². The number of fused-ring (bicyclic) bond motifs is 2. The molecule has 1 atom stereocenters. The number of anilines is 1. The van der Waals surface area contributed by atoms with Crippen LogP contribution in [0, 0.1) is 0 Å². The quantitative estimate of drug-likeness (QED) is 0.629. The summed E-state index contributed by atoms with van der Waals surface area (Å²) in [5.41, 5.74) is 2.64. The third kappa shape index (κ3) is 4.03. The lowest BCUT2D eigenvalue weighted by molar-refractivity contribution is -0.123. The Morgan fingerprint density at radius 1 is 1.06 bits per heavy atom. The summed E-state index contributed by atoms with van der Waals surface area (Å²) in [6.45, 7) is 2.51. The summed E-state index contributed by atoms with van der Waals surface area (Å²) in [6.07, 6.45) is 1.18. The molecule has 1 amide bonds. The van der Waals surface area contributed by atoms with Gasteiger partial charge in [-0.3, -0.25) is 9.78 Å². The van der Waals surface area contributed by atoms with Crippen LogP contribution in [0.25, 0.3) is 10.9 Å². The molecule has 5 rings (SSSR count). The zero-order valence-corrected chi connectivity index (χ0v) is 17.1. The molecule has 0 bridgehead atoms. The van der Waals surface area contributed by atoms with E-state index in [0.717, 1.165) is 29.4 Å². The number of carbonyl (C=O) groups is 2. The zero-order valence-electron chi connectivity index (χ0n) is 17.1. The molecule has 158 valence electrons. The number of nitrogens with one attached hydrogen (secondary N) is 1. The molecule has 31 heavy (non-hydrogen) atoms. The summed E-state index contributed by atoms with van der Waals surface area (Å²) in [4.78, 5) is 30.2. The summed E-state index contributed by atoms with van der Waals surface area (Å²) >= 11 is 0. The first-order valence-electron chi connectivity index (χ1n) is 10.4. The molecular formula is C24H22N2O5. The third-order valence-electron chi connectivity index (χ3n) is 5.41. The van der Waals surface area contributed by atoms with Crippen LogP contribution in [0.5, 0.6) is 11.5 Å². The first kappa shape index (κ1) is 19.4. The Morgan fingerprint density at radius 3 is 2.65 bits per heavy atom. The van der Waals surface area contributed by atoms with Gasteiger partial charge in [0.2, 0.25) is 0 Å². The number of pyridine rings is 1. The Bertz CT molecular complexity index is 1170. The first-order valence-corrected chi connectivity index (χ1v) is 10.4. The smallest absolute Gasteiger partial charge is 0.339 e. The molecule has 7 nitrogen and oxygen atoms in total. The highest BCUT2D eigenvalue weighted by Gasteiger charge is 2.28. The number of hydrogen-bond acceptors (Lipinski definition) is 6. The van der Waals surface area contributed by atoms with E-state index in [-0.39, 0.29) is 0 Å². The maximum Gasteiger partial charge on any atom is 0.339 e. The first-order chi connectivity index (χ1) is 15.1. The van der Waals surface area contributed by atoms with Gasteiger partial charge in [0, 0.05) is 28.8 Å². The molecule has 3 aromatic rings. The van der Waals surface area contributed by atoms with Gasteiger partial charge in [-0.05, 0) is 44.0 Å². The van der Waals surface area contributed by atoms with Gasteiger partial charge in [0.1, 0.15) is 13.2 Å². The predicted octanol–water partition coefficient (Wildman–Crippen LogP) is 4.07. The van der Waals surface area contributed by atoms with Gasteiger partial charge >= 0.3 is 5.97 Å². The molecule has 0 spiro atoms. The number of rotatable bonds is 5. The molecule has 1 aliphatic carbocycles. The van der Waals surface area contributed by atoms with Crippen molar-refractivity contribution in [1.29, 1.82) is 0 Å². The number of nitrogens with zero attached hydrogens (tertiary/aromatic N) is 1. The minimum atomic E-state index is -0.975. The highest BCUT2D eigenvalue weighted by atomic mass is 16.6. The van der Waals surface area contributed by atoms with Crippen molar-refractivity contribution in [3.05, 3.63) is 59.8 Å². The number of para-hydroxylation sites is 1. The van der Waals surface area contributed by atoms with Crippen LogP contribution in [0.1, 0.15) is 41.7 Å². The van der Waals surface area contributed by atoms with E-state index in [4.69, 9.17) is 14.2 Å². The fraction of sp³-hybridized carbons (Fsp3) is 0.292. The normalized spacial score (nSPS) is 15.9. The van der Waals surface area contributed by atoms with Gasteiger partial charge in [-0.15, -0.1) is 0 Å². The van der Waals surface area contributed by atoms with Crippen LogP contribution in [0.3, 0.4) is 0 Å². The molecule has 1 aliphatic heterocycles. The molecule has 1 unspecified atom stereocenters. The van der Waals surface area contributed by atoms with Crippen LogP contribution in [0.15, 0.2) is 48.5 Å². The van der Waals surface area contributed by atoms with Crippen molar-refractivity contribution in [3.63, 3.8) is 0 Å². The predicted molar refractivity (Wildman–Crippen MR) is 115 cm³/mol. The Labute approximate surface area is 179 Å². The van der Waals surface area contributed by atoms with Gasteiger partial charge in [0.05, 0.1) is 11.1 Å². The maximum atomic E-state index is 12.9. The molecule has 1 fully saturated rings. The van der Waals surface area contributed by atoms with Crippen molar-refractivity contribution < 1.29 is 23.8 Å². The third-order valence-corrected chi connectivity index (χ3v) is 5.41. The Morgan fingerprint density at radius 2 is 1.84 bits per heavy atom. The van der Waals surface area contributed by atoms with E-state index < -0.39 is 18.0 Å². The van der Waals surface area contributed by atoms with Gasteiger partial charge < -0.3 is 19.5 Å². The number of ether oxygens (including phenoxy) is 3. The lowest BCUT2D eigenvalue weighted by Crippen LogP contribution is -2.30. The van der Waals surface area contributed by atoms with E-state index in [1.54, 1.807) is 31.2 Å². The average Bonchev–Trinajstić information content (AvgIpc) is 3.63. The van der Waals surface area contributed by atoms with Crippen molar-refractivity contribution in [3.8, 4) is 11.5 Å². The number of hydrogen-bond donors (Lipinski definition) is 1. The molecule has 1 N–H and O–H groups in total. The van der Waals surface area contributed by atoms with E-state index >= 15 is 0 Å². The van der Waals surface area contributed by atoms with Crippen LogP contribution in [-0.2, 0) is 9.53 Å². The molecule has 1 saturated carbocycles. The number of aromatic nitrogens is 1. The molecule has 0 saturated heterocycles. The minimum absolute atomic E-state index is 0.395. The summed E-state index contributed by atoms with van der Waals surface area (Å²) in [6, 6.07) is 14.4. The van der Waals surface area contributed by atoms with Crippen LogP contribution in [0.2, 0.25) is 0 Å². The second-order valence-corrected chi connectivity index (χ2v) is 7.78. The van der Waals surface area contributed by atoms with Crippen LogP contribution in [-0.4, -0.2) is 36.2 Å². The highest BCUT2D eigenvalue weighted by Crippen LogP contribution is 2.40. The number of carbonyl (C=O) groups excluding carboxylic acids is 2. The molecule has 0 radical (unpaired) electrons. The lowest BCUT2D eigenvalue weighted by atomic mass is 10.1. The SMILES string of the molecule is CC(OC(=O)c1cc(C2CC2)nc2ccccc12)C(=O)Nc1ccc2c(c1)OCCO2. The Balaban J connectivity index is 1.32. The summed E-state index contributed by atoms with van der Waals surface area (Å²) < 4.78 is 16.5. The van der Waals surface area contributed by atoms with Crippen molar-refractivity contribution in [1.82, 2.24) is 4.98 Å². The van der Waals surface area contributed by atoms with Crippen molar-refractivity contribution in [2.24, 2.45) is 0 Å². The topological polar surface area (TPSA) is 86.8 Å². The highest BCUT2D eigenvalue weighted by molar-refractivity contribution is 6.05. The number of amides is 1. The summed E-state index contributed by atoms with van der Waals surface area (Å²) in [5.74, 6) is 0.646. The average molecular weight is 418 g/mol. The van der Waals surface area contributed by atoms with Crippen LogP contribution in [0.4, 0.5) is 5.69 Å². The largest absolute Gasteiger partial charge is 0.486 e. The fourth-order valence-electron chi connectivity index (χ4n) is 3.60. The Hall–Kier alpha value is -3.61. The molecule has 2 aliphatic rings. The zero-order chi connectivity index (χ0) is 21.4. The van der Waals surface area contributed by atoms with Crippen LogP contribution < -0.4 is 14.8 Å². The van der Waals surface area contributed by atoms with Crippen molar-refractivity contribution in [2.75, 3.05) is 18.5 Å². The van der Waals surface area contributed by atoms with E-state index in [0.29, 0.717) is 41.9 Å². The Kier molecular flexibility index (Phi) is 4.94. The van der Waals surface area contributed by atoms with Gasteiger partial charge in [0.15, 0.2) is 17.6 Å². The van der Waals surface area contributed by atoms with E-state index in [1.165, 1.54) is 0 Å². The molecule has 7 heteroatoms. The monoisotopic (exact) mass is 418 g/mol. The molecule has 2 aromatic carbocycles. The lowest BCUT2D eigenvalue weighted by Gasteiger charge is -2.19. The summed E-state index contributed by atoms with van der Waals surface area (Å²) in [7, 11) is 0. The minimum Gasteiger partial charge on any atom is -0.486 e. The molecular weight excluding hydrogens is 396 g/mol. The number of esters is 1. The number of benzene rings is 2. The second-order valence-electron chi connectivity index (χ2n) is 7.78. The van der Waals surface area contributed by atoms with E-state index in [2.05, 4.69) is 10.3 Å². The van der Waals surface area contributed by atoms with Gasteiger partial charge in [-0.1, -0.05) is 18.2 Å². The molecule has 1 aromatic heterocycles. The van der Waals surface area contributed by atoms with Crippen LogP contribution >= 0.6 is 0 Å². The standard InChI is InChI=1S/C24H22N2O5/c1-14(23(27)25-16-8-9-21-22(12-16)30-11-10-29-21)31-24(28)18-13-20(15-6-7-15)26-19-5-3-2-4-17(18)19/h2-5,8-9,12-15H,6-7,10-11H2,1H3,(H,25,27). The van der Waals surface area contributed by atoms with E-state index in [9.17, 15) is 9.59 Å². The molecule has 2 heterocycles. The summed E-state index contributed by atoms with van der Waals surface area (Å²) in [5, 5.41) is 3.48. The van der Waals surface area contributed by atoms with Crippen molar-refractivity contribution in [2.45, 2.75) is 31.8 Å². The van der Waals surface area contributed by atoms with Gasteiger partial charge in [-0.25, -0.2) is 4.79 Å².